The van der Waals surface area contributed by atoms with Crippen LogP contribution in [0.2, 0.25) is 0 Å². The summed E-state index contributed by atoms with van der Waals surface area (Å²) >= 11 is 0. The molecule has 0 bridgehead atoms. The third kappa shape index (κ3) is 4.19. The van der Waals surface area contributed by atoms with Crippen molar-refractivity contribution in [2.45, 2.75) is 117 Å². The molecule has 0 aromatic carbocycles. The van der Waals surface area contributed by atoms with E-state index in [0.29, 0.717) is 36.9 Å². The molecular weight excluding hydrogens is 403 g/mol. The van der Waals surface area contributed by atoms with E-state index in [1.807, 2.05) is 0 Å². The van der Waals surface area contributed by atoms with Crippen LogP contribution in [0.15, 0.2) is 0 Å². The molecule has 186 valence electrons. The number of aliphatic hydroxyl groups is 1. The van der Waals surface area contributed by atoms with E-state index in [1.165, 1.54) is 32.1 Å². The molecule has 32 heavy (non-hydrogen) atoms. The molecule has 7 atom stereocenters. The average molecular weight is 453 g/mol. The summed E-state index contributed by atoms with van der Waals surface area (Å²) in [7, 11) is 0. The Morgan fingerprint density at radius 3 is 2.38 bits per heavy atom. The number of hydrogen-bond acceptors (Lipinski definition) is 3. The molecule has 3 aliphatic carbocycles. The molecule has 1 N–H and O–H groups in total. The summed E-state index contributed by atoms with van der Waals surface area (Å²) in [6.07, 6.45) is 12.2. The maximum Gasteiger partial charge on any atom is 0.174 e. The highest BCUT2D eigenvalue weighted by atomic mass is 19.1. The molecule has 4 heteroatoms. The van der Waals surface area contributed by atoms with E-state index in [0.717, 1.165) is 49.9 Å². The topological polar surface area (TPSA) is 38.7 Å². The molecule has 3 saturated carbocycles. The standard InChI is InChI=1S/C28H49FO3/c1-20(8-6-13-25(2,3)29)22-9-10-23-21-11-16-28(31-18-19-32-28)27(5,14-7-17-30)24(21)12-15-26(22,23)4/h20-24,30H,6-19H2,1-5H3/t20-,21+,22-,23+,24+,26-,27-/m1/s1. The van der Waals surface area contributed by atoms with Gasteiger partial charge in [0.25, 0.3) is 0 Å². The number of aliphatic hydroxyl groups excluding tert-OH is 1. The Labute approximate surface area is 196 Å². The molecule has 3 nitrogen and oxygen atoms in total. The SMILES string of the molecule is C[C@H](CCCC(C)(C)F)[C@H]1CC[C@H]2[C@@H]3CCC4(OCCO4)[C@](C)(CCCO)[C@H]3CC[C@]12C. The van der Waals surface area contributed by atoms with E-state index >= 15 is 0 Å². The molecule has 0 unspecified atom stereocenters. The van der Waals surface area contributed by atoms with Crippen LogP contribution in [-0.4, -0.2) is 36.4 Å². The van der Waals surface area contributed by atoms with Crippen LogP contribution < -0.4 is 0 Å². The first-order valence-electron chi connectivity index (χ1n) is 13.6. The van der Waals surface area contributed by atoms with E-state index in [2.05, 4.69) is 20.8 Å². The molecule has 0 amide bonds. The van der Waals surface area contributed by atoms with Crippen LogP contribution in [0.5, 0.6) is 0 Å². The van der Waals surface area contributed by atoms with Crippen molar-refractivity contribution >= 4 is 0 Å². The first-order chi connectivity index (χ1) is 15.1. The number of rotatable bonds is 8. The van der Waals surface area contributed by atoms with E-state index in [4.69, 9.17) is 9.47 Å². The minimum Gasteiger partial charge on any atom is -0.396 e. The summed E-state index contributed by atoms with van der Waals surface area (Å²) in [5, 5.41) is 9.64. The number of alkyl halides is 1. The summed E-state index contributed by atoms with van der Waals surface area (Å²) in [5.74, 6) is 3.19. The van der Waals surface area contributed by atoms with E-state index in [9.17, 15) is 9.50 Å². The second kappa shape index (κ2) is 9.11. The quantitative estimate of drug-likeness (QED) is 0.434. The normalized spacial score (nSPS) is 42.1. The minimum absolute atomic E-state index is 0.00706. The Morgan fingerprint density at radius 1 is 1.00 bits per heavy atom. The van der Waals surface area contributed by atoms with Gasteiger partial charge in [-0.1, -0.05) is 33.6 Å². The predicted molar refractivity (Wildman–Crippen MR) is 127 cm³/mol. The lowest BCUT2D eigenvalue weighted by molar-refractivity contribution is -0.292. The molecule has 0 aromatic rings. The Bertz CT molecular complexity index is 639. The van der Waals surface area contributed by atoms with E-state index < -0.39 is 11.5 Å². The molecule has 1 spiro atoms. The van der Waals surface area contributed by atoms with Gasteiger partial charge in [-0.15, -0.1) is 0 Å². The van der Waals surface area contributed by atoms with Gasteiger partial charge in [-0.2, -0.15) is 0 Å². The van der Waals surface area contributed by atoms with Gasteiger partial charge in [0.05, 0.1) is 13.2 Å². The van der Waals surface area contributed by atoms with E-state index in [1.54, 1.807) is 13.8 Å². The molecule has 4 rings (SSSR count). The number of ether oxygens (including phenoxy) is 2. The van der Waals surface area contributed by atoms with Gasteiger partial charge in [0.1, 0.15) is 5.67 Å². The minimum atomic E-state index is -1.04. The summed E-state index contributed by atoms with van der Waals surface area (Å²) in [6.45, 7) is 12.6. The van der Waals surface area contributed by atoms with Crippen LogP contribution in [-0.2, 0) is 9.47 Å². The summed E-state index contributed by atoms with van der Waals surface area (Å²) in [6, 6.07) is 0. The first kappa shape index (κ1) is 24.9. The lowest BCUT2D eigenvalue weighted by atomic mass is 9.46. The van der Waals surface area contributed by atoms with Crippen LogP contribution in [0.1, 0.15) is 105 Å². The maximum absolute atomic E-state index is 14.0. The van der Waals surface area contributed by atoms with Gasteiger partial charge < -0.3 is 14.6 Å². The highest BCUT2D eigenvalue weighted by molar-refractivity contribution is 5.11. The average Bonchev–Trinajstić information content (AvgIpc) is 3.34. The molecule has 1 heterocycles. The van der Waals surface area contributed by atoms with Crippen LogP contribution in [0.3, 0.4) is 0 Å². The van der Waals surface area contributed by atoms with Crippen molar-refractivity contribution in [2.75, 3.05) is 19.8 Å². The van der Waals surface area contributed by atoms with Gasteiger partial charge >= 0.3 is 0 Å². The monoisotopic (exact) mass is 452 g/mol. The number of halogens is 1. The van der Waals surface area contributed by atoms with Crippen molar-refractivity contribution in [3.63, 3.8) is 0 Å². The smallest absolute Gasteiger partial charge is 0.174 e. The predicted octanol–water partition coefficient (Wildman–Crippen LogP) is 6.92. The molecule has 0 radical (unpaired) electrons. The van der Waals surface area contributed by atoms with Gasteiger partial charge in [-0.25, -0.2) is 4.39 Å². The van der Waals surface area contributed by atoms with Crippen molar-refractivity contribution in [3.05, 3.63) is 0 Å². The second-order valence-corrected chi connectivity index (χ2v) is 12.9. The fraction of sp³-hybridized carbons (Fsp3) is 1.00. The Kier molecular flexibility index (Phi) is 7.10. The molecule has 4 aliphatic rings. The second-order valence-electron chi connectivity index (χ2n) is 12.9. The van der Waals surface area contributed by atoms with Gasteiger partial charge in [0.15, 0.2) is 5.79 Å². The van der Waals surface area contributed by atoms with Crippen molar-refractivity contribution in [1.82, 2.24) is 0 Å². The lowest BCUT2D eigenvalue weighted by Crippen LogP contribution is -2.60. The summed E-state index contributed by atoms with van der Waals surface area (Å²) < 4.78 is 26.7. The third-order valence-electron chi connectivity index (χ3n) is 10.7. The van der Waals surface area contributed by atoms with Crippen molar-refractivity contribution in [3.8, 4) is 0 Å². The number of hydrogen-bond donors (Lipinski definition) is 1. The van der Waals surface area contributed by atoms with E-state index in [-0.39, 0.29) is 12.0 Å². The zero-order valence-electron chi connectivity index (χ0n) is 21.4. The van der Waals surface area contributed by atoms with Crippen LogP contribution in [0, 0.1) is 40.4 Å². The van der Waals surface area contributed by atoms with Crippen LogP contribution in [0.4, 0.5) is 4.39 Å². The Morgan fingerprint density at radius 2 is 1.72 bits per heavy atom. The Hall–Kier alpha value is -0.190. The molecule has 1 aliphatic heterocycles. The zero-order valence-corrected chi connectivity index (χ0v) is 21.4. The van der Waals surface area contributed by atoms with Gasteiger partial charge in [0, 0.05) is 18.4 Å². The third-order valence-corrected chi connectivity index (χ3v) is 10.7. The highest BCUT2D eigenvalue weighted by Gasteiger charge is 2.65. The molecule has 1 saturated heterocycles. The number of fused-ring (bicyclic) bond motifs is 3. The molecular formula is C28H49FO3. The first-order valence-corrected chi connectivity index (χ1v) is 13.6. The zero-order chi connectivity index (χ0) is 23.2. The fourth-order valence-electron chi connectivity index (χ4n) is 9.18. The van der Waals surface area contributed by atoms with Crippen molar-refractivity contribution < 1.29 is 19.0 Å². The maximum atomic E-state index is 14.0. The van der Waals surface area contributed by atoms with Crippen molar-refractivity contribution in [2.24, 2.45) is 40.4 Å². The van der Waals surface area contributed by atoms with Gasteiger partial charge in [-0.05, 0) is 100 Å². The van der Waals surface area contributed by atoms with Crippen LogP contribution >= 0.6 is 0 Å². The van der Waals surface area contributed by atoms with Gasteiger partial charge in [0.2, 0.25) is 0 Å². The largest absolute Gasteiger partial charge is 0.396 e. The van der Waals surface area contributed by atoms with Gasteiger partial charge in [-0.3, -0.25) is 0 Å². The van der Waals surface area contributed by atoms with Crippen LogP contribution in [0.25, 0.3) is 0 Å². The fourth-order valence-corrected chi connectivity index (χ4v) is 9.18. The Balaban J connectivity index is 1.50. The molecule has 0 aromatic heterocycles. The highest BCUT2D eigenvalue weighted by Crippen LogP contribution is 2.69. The summed E-state index contributed by atoms with van der Waals surface area (Å²) in [4.78, 5) is 0. The summed E-state index contributed by atoms with van der Waals surface area (Å²) in [5.41, 5.74) is -0.625. The molecule has 4 fully saturated rings. The van der Waals surface area contributed by atoms with Crippen molar-refractivity contribution in [1.29, 1.82) is 0 Å². The lowest BCUT2D eigenvalue weighted by Gasteiger charge is -2.61.